The average Bonchev–Trinajstić information content (AvgIpc) is 2.78. The second kappa shape index (κ2) is 7.54. The molecular weight excluding hydrogens is 436 g/mol. The maximum atomic E-state index is 5.97. The maximum absolute atomic E-state index is 5.97. The summed E-state index contributed by atoms with van der Waals surface area (Å²) in [6.45, 7) is 33.9. The molecule has 5 aliphatic carbocycles. The van der Waals surface area contributed by atoms with Crippen molar-refractivity contribution in [2.24, 2.45) is 50.2 Å². The van der Waals surface area contributed by atoms with Gasteiger partial charge in [-0.1, -0.05) is 97.1 Å². The van der Waals surface area contributed by atoms with Crippen LogP contribution in [0, 0.1) is 50.2 Å². The Kier molecular flexibility index (Phi) is 5.47. The van der Waals surface area contributed by atoms with Crippen molar-refractivity contribution < 1.29 is 4.74 Å². The minimum atomic E-state index is 0.0508. The van der Waals surface area contributed by atoms with Gasteiger partial charge >= 0.3 is 0 Å². The third-order valence-corrected chi connectivity index (χ3v) is 13.2. The Morgan fingerprint density at radius 2 is 1.58 bits per heavy atom. The first-order valence-electron chi connectivity index (χ1n) is 14.5. The first-order chi connectivity index (χ1) is 16.5. The summed E-state index contributed by atoms with van der Waals surface area (Å²) in [6.07, 6.45) is 13.8. The van der Waals surface area contributed by atoms with E-state index in [0.717, 1.165) is 5.76 Å². The fraction of sp³-hybridized carbons (Fsp3) is 0.714. The van der Waals surface area contributed by atoms with Gasteiger partial charge in [-0.15, -0.1) is 0 Å². The summed E-state index contributed by atoms with van der Waals surface area (Å²) in [5, 5.41) is 0. The number of ether oxygens (including phenoxy) is 1. The van der Waals surface area contributed by atoms with Gasteiger partial charge < -0.3 is 4.74 Å². The van der Waals surface area contributed by atoms with Gasteiger partial charge in [0.25, 0.3) is 0 Å². The maximum Gasteiger partial charge on any atom is 0.0948 e. The van der Waals surface area contributed by atoms with E-state index in [0.29, 0.717) is 23.2 Å². The number of hydrogen-bond acceptors (Lipinski definition) is 1. The lowest BCUT2D eigenvalue weighted by molar-refractivity contribution is -0.141. The first kappa shape index (κ1) is 26.1. The lowest BCUT2D eigenvalue weighted by Crippen LogP contribution is -2.63. The van der Waals surface area contributed by atoms with E-state index < -0.39 is 0 Å². The summed E-state index contributed by atoms with van der Waals surface area (Å²) in [6, 6.07) is 0. The molecule has 0 aromatic heterocycles. The molecule has 6 unspecified atom stereocenters. The summed E-state index contributed by atoms with van der Waals surface area (Å²) in [5.74, 6) is 2.63. The largest absolute Gasteiger partial charge is 0.501 e. The molecule has 198 valence electrons. The molecule has 0 radical (unpaired) electrons. The van der Waals surface area contributed by atoms with Crippen molar-refractivity contribution in [1.29, 1.82) is 0 Å². The van der Waals surface area contributed by atoms with Crippen LogP contribution < -0.4 is 0 Å². The van der Waals surface area contributed by atoms with Crippen molar-refractivity contribution in [1.82, 2.24) is 0 Å². The zero-order chi connectivity index (χ0) is 26.7. The predicted molar refractivity (Wildman–Crippen MR) is 153 cm³/mol. The Balaban J connectivity index is 1.69. The number of rotatable bonds is 2. The van der Waals surface area contributed by atoms with E-state index in [9.17, 15) is 0 Å². The highest BCUT2D eigenvalue weighted by atomic mass is 16.5. The van der Waals surface area contributed by atoms with Crippen LogP contribution in [0.2, 0.25) is 0 Å². The fourth-order valence-electron chi connectivity index (χ4n) is 10.8. The molecule has 3 fully saturated rings. The normalized spacial score (nSPS) is 46.9. The Morgan fingerprint density at radius 3 is 2.22 bits per heavy atom. The monoisotopic (exact) mass is 488 g/mol. The fourth-order valence-corrected chi connectivity index (χ4v) is 10.8. The molecule has 0 heterocycles. The quantitative estimate of drug-likeness (QED) is 0.351. The molecule has 0 spiro atoms. The van der Waals surface area contributed by atoms with Gasteiger partial charge in [0, 0.05) is 10.8 Å². The second-order valence-corrected chi connectivity index (χ2v) is 15.5. The highest BCUT2D eigenvalue weighted by molar-refractivity contribution is 5.51. The molecule has 7 atom stereocenters. The highest BCUT2D eigenvalue weighted by Crippen LogP contribution is 2.76. The van der Waals surface area contributed by atoms with Gasteiger partial charge in [-0.3, -0.25) is 0 Å². The molecular formula is C35H52O. The van der Waals surface area contributed by atoms with Gasteiger partial charge in [0.15, 0.2) is 0 Å². The molecule has 3 saturated carbocycles. The van der Waals surface area contributed by atoms with Crippen LogP contribution >= 0.6 is 0 Å². The highest BCUT2D eigenvalue weighted by Gasteiger charge is 2.68. The summed E-state index contributed by atoms with van der Waals surface area (Å²) in [7, 11) is 1.84. The number of hydrogen-bond donors (Lipinski definition) is 0. The first-order valence-corrected chi connectivity index (χ1v) is 14.5. The second-order valence-electron chi connectivity index (χ2n) is 15.5. The Bertz CT molecular complexity index is 1100. The zero-order valence-electron chi connectivity index (χ0n) is 24.9. The lowest BCUT2D eigenvalue weighted by Gasteiger charge is -2.70. The molecule has 5 rings (SSSR count). The van der Waals surface area contributed by atoms with Crippen LogP contribution in [0.15, 0.2) is 59.9 Å². The van der Waals surface area contributed by atoms with Gasteiger partial charge in [-0.2, -0.15) is 0 Å². The molecule has 0 aromatic carbocycles. The Morgan fingerprint density at radius 1 is 0.944 bits per heavy atom. The Labute approximate surface area is 222 Å². The number of allylic oxidation sites excluding steroid dienone is 7. The topological polar surface area (TPSA) is 9.23 Å². The van der Waals surface area contributed by atoms with Crippen molar-refractivity contribution >= 4 is 0 Å². The van der Waals surface area contributed by atoms with Gasteiger partial charge in [0.1, 0.15) is 0 Å². The van der Waals surface area contributed by atoms with Crippen LogP contribution in [0.3, 0.4) is 0 Å². The van der Waals surface area contributed by atoms with Gasteiger partial charge in [-0.25, -0.2) is 0 Å². The van der Waals surface area contributed by atoms with Gasteiger partial charge in [0.2, 0.25) is 0 Å². The minimum absolute atomic E-state index is 0.0508. The van der Waals surface area contributed by atoms with Crippen LogP contribution in [-0.4, -0.2) is 7.11 Å². The van der Waals surface area contributed by atoms with Crippen molar-refractivity contribution in [2.45, 2.75) is 100 Å². The molecule has 0 amide bonds. The van der Waals surface area contributed by atoms with Crippen molar-refractivity contribution in [3.05, 3.63) is 59.9 Å². The molecule has 1 heteroatoms. The molecule has 0 bridgehead atoms. The van der Waals surface area contributed by atoms with Crippen LogP contribution in [0.5, 0.6) is 0 Å². The van der Waals surface area contributed by atoms with E-state index >= 15 is 0 Å². The third-order valence-electron chi connectivity index (χ3n) is 13.2. The molecule has 0 N–H and O–H groups in total. The molecule has 36 heavy (non-hydrogen) atoms. The zero-order valence-corrected chi connectivity index (χ0v) is 24.9. The molecule has 0 saturated heterocycles. The molecule has 1 nitrogen and oxygen atoms in total. The smallest absolute Gasteiger partial charge is 0.0948 e. The van der Waals surface area contributed by atoms with Crippen molar-refractivity contribution in [3.63, 3.8) is 0 Å². The van der Waals surface area contributed by atoms with E-state index in [1.54, 1.807) is 5.57 Å². The molecule has 0 aromatic rings. The average molecular weight is 489 g/mol. The van der Waals surface area contributed by atoms with Crippen LogP contribution in [0.25, 0.3) is 0 Å². The standard InChI is InChI=1S/C35H52O/c1-22-19-28-32(9)20-23(2)24(3)31(7,8)27(32)13-14-33(28,10)34(11)16-18-35(25(4)36-12)17-15-30(5,6)21-26(35)29(22)34/h19-20,26-27,29H,1,3-4,13-18,21H2,2,5-12H3/t26?,27?,29?,32?,33?,34-,35?/m1/s1. The van der Waals surface area contributed by atoms with Crippen LogP contribution in [0.4, 0.5) is 0 Å². The van der Waals surface area contributed by atoms with Crippen molar-refractivity contribution in [3.8, 4) is 0 Å². The predicted octanol–water partition coefficient (Wildman–Crippen LogP) is 9.84. The number of methoxy groups -OCH3 is 1. The summed E-state index contributed by atoms with van der Waals surface area (Å²) in [5.41, 5.74) is 6.70. The third kappa shape index (κ3) is 3.01. The van der Waals surface area contributed by atoms with Crippen LogP contribution in [-0.2, 0) is 4.74 Å². The Hall–Kier alpha value is -1.50. The summed E-state index contributed by atoms with van der Waals surface area (Å²) >= 11 is 0. The van der Waals surface area contributed by atoms with E-state index in [4.69, 9.17) is 11.3 Å². The van der Waals surface area contributed by atoms with Crippen LogP contribution in [0.1, 0.15) is 100 Å². The van der Waals surface area contributed by atoms with E-state index in [2.05, 4.69) is 80.7 Å². The van der Waals surface area contributed by atoms with E-state index in [-0.39, 0.29) is 27.1 Å². The van der Waals surface area contributed by atoms with E-state index in [1.165, 1.54) is 61.7 Å². The lowest BCUT2D eigenvalue weighted by atomic mass is 9.33. The van der Waals surface area contributed by atoms with Crippen molar-refractivity contribution in [2.75, 3.05) is 7.11 Å². The van der Waals surface area contributed by atoms with Gasteiger partial charge in [0.05, 0.1) is 12.9 Å². The summed E-state index contributed by atoms with van der Waals surface area (Å²) in [4.78, 5) is 0. The van der Waals surface area contributed by atoms with E-state index in [1.807, 2.05) is 7.11 Å². The SMILES string of the molecule is C=C1C=C2C3(C)C=C(C)C(=C)C(C)(C)C3CCC2(C)[C@]2(C)CCC3(C(=C)OC)CCC(C)(C)CC3C12. The van der Waals surface area contributed by atoms with Gasteiger partial charge in [-0.05, 0) is 96.9 Å². The summed E-state index contributed by atoms with van der Waals surface area (Å²) < 4.78 is 5.97. The molecule has 0 aliphatic heterocycles. The minimum Gasteiger partial charge on any atom is -0.501 e. The molecule has 5 aliphatic rings. The number of fused-ring (bicyclic) bond motifs is 7.